The molecule has 1 heterocycles. The van der Waals surface area contributed by atoms with Gasteiger partial charge in [0.05, 0.1) is 0 Å². The van der Waals surface area contributed by atoms with Gasteiger partial charge in [0.1, 0.15) is 5.69 Å². The summed E-state index contributed by atoms with van der Waals surface area (Å²) in [5, 5.41) is 0. The third-order valence-corrected chi connectivity index (χ3v) is 3.29. The molecule has 0 saturated heterocycles. The van der Waals surface area contributed by atoms with E-state index < -0.39 is 29.8 Å². The lowest BCUT2D eigenvalue weighted by molar-refractivity contribution is -0.0521. The van der Waals surface area contributed by atoms with Crippen molar-refractivity contribution in [3.05, 3.63) is 47.5 Å². The van der Waals surface area contributed by atoms with Crippen molar-refractivity contribution >= 4 is 11.6 Å². The lowest BCUT2D eigenvalue weighted by Gasteiger charge is -2.15. The van der Waals surface area contributed by atoms with Crippen molar-refractivity contribution in [2.45, 2.75) is 25.3 Å². The molecule has 124 valence electrons. The van der Waals surface area contributed by atoms with Crippen LogP contribution in [0.1, 0.15) is 18.2 Å². The van der Waals surface area contributed by atoms with Gasteiger partial charge in [-0.2, -0.15) is 17.6 Å². The summed E-state index contributed by atoms with van der Waals surface area (Å²) in [7, 11) is 0. The third kappa shape index (κ3) is 4.10. The van der Waals surface area contributed by atoms with E-state index in [4.69, 9.17) is 11.6 Å². The van der Waals surface area contributed by atoms with Crippen LogP contribution in [-0.4, -0.2) is 11.6 Å². The van der Waals surface area contributed by atoms with Crippen molar-refractivity contribution in [1.82, 2.24) is 4.98 Å². The van der Waals surface area contributed by atoms with Crippen molar-refractivity contribution < 1.29 is 26.7 Å². The molecule has 0 spiro atoms. The van der Waals surface area contributed by atoms with Crippen LogP contribution in [0.2, 0.25) is 0 Å². The molecular weight excluding hydrogens is 341 g/mol. The molecular formula is C15H11ClF5NO. The Labute approximate surface area is 133 Å². The van der Waals surface area contributed by atoms with Gasteiger partial charge in [-0.3, -0.25) is 4.98 Å². The van der Waals surface area contributed by atoms with E-state index in [-0.39, 0.29) is 17.0 Å². The van der Waals surface area contributed by atoms with E-state index in [1.807, 2.05) is 0 Å². The van der Waals surface area contributed by atoms with Gasteiger partial charge < -0.3 is 4.74 Å². The van der Waals surface area contributed by atoms with Crippen molar-refractivity contribution in [3.63, 3.8) is 0 Å². The average molecular weight is 352 g/mol. The zero-order valence-electron chi connectivity index (χ0n) is 11.8. The Bertz CT molecular complexity index is 703. The molecule has 2 nitrogen and oxygen atoms in total. The number of nitrogens with zero attached hydrogens (tertiary/aromatic N) is 1. The normalized spacial score (nSPS) is 11.8. The average Bonchev–Trinajstić information content (AvgIpc) is 2.47. The summed E-state index contributed by atoms with van der Waals surface area (Å²) < 4.78 is 68.8. The van der Waals surface area contributed by atoms with E-state index >= 15 is 0 Å². The monoisotopic (exact) mass is 351 g/mol. The van der Waals surface area contributed by atoms with Crippen LogP contribution < -0.4 is 4.74 Å². The van der Waals surface area contributed by atoms with Crippen molar-refractivity contribution in [1.29, 1.82) is 0 Å². The minimum Gasteiger partial charge on any atom is -0.432 e. The van der Waals surface area contributed by atoms with E-state index in [1.54, 1.807) is 0 Å². The predicted octanol–water partition coefficient (Wildman–Crippen LogP) is 5.34. The Morgan fingerprint density at radius 1 is 1.22 bits per heavy atom. The first-order valence-electron chi connectivity index (χ1n) is 6.40. The SMILES string of the molecule is CC(F)(F)c1ncc(-c2ccc(F)c(OC(F)F)c2)cc1CCl. The molecule has 0 atom stereocenters. The quantitative estimate of drug-likeness (QED) is 0.536. The van der Waals surface area contributed by atoms with Gasteiger partial charge in [0, 0.05) is 24.6 Å². The van der Waals surface area contributed by atoms with E-state index in [0.717, 1.165) is 18.3 Å². The van der Waals surface area contributed by atoms with Crippen molar-refractivity contribution in [2.75, 3.05) is 0 Å². The van der Waals surface area contributed by atoms with Crippen molar-refractivity contribution in [2.24, 2.45) is 0 Å². The zero-order chi connectivity index (χ0) is 17.2. The summed E-state index contributed by atoms with van der Waals surface area (Å²) in [5.41, 5.74) is 0.236. The molecule has 0 fully saturated rings. The Hall–Kier alpha value is -1.89. The molecule has 23 heavy (non-hydrogen) atoms. The fraction of sp³-hybridized carbons (Fsp3) is 0.267. The van der Waals surface area contributed by atoms with E-state index in [2.05, 4.69) is 9.72 Å². The Morgan fingerprint density at radius 2 is 1.91 bits per heavy atom. The topological polar surface area (TPSA) is 22.1 Å². The van der Waals surface area contributed by atoms with Gasteiger partial charge in [-0.25, -0.2) is 4.39 Å². The minimum absolute atomic E-state index is 0.0947. The highest BCUT2D eigenvalue weighted by Gasteiger charge is 2.29. The molecule has 0 aliphatic rings. The second-order valence-electron chi connectivity index (χ2n) is 4.78. The fourth-order valence-electron chi connectivity index (χ4n) is 2.03. The van der Waals surface area contributed by atoms with E-state index in [0.29, 0.717) is 12.5 Å². The molecule has 0 aliphatic heterocycles. The van der Waals surface area contributed by atoms with Gasteiger partial charge in [-0.05, 0) is 29.3 Å². The molecule has 0 radical (unpaired) electrons. The first-order chi connectivity index (χ1) is 10.7. The number of alkyl halides is 5. The Morgan fingerprint density at radius 3 is 2.48 bits per heavy atom. The van der Waals surface area contributed by atoms with Gasteiger partial charge in [-0.15, -0.1) is 11.6 Å². The number of hydrogen-bond acceptors (Lipinski definition) is 2. The standard InChI is InChI=1S/C15H11ClF5NO/c1-15(20,21)13-9(6-16)4-10(7-22-13)8-2-3-11(17)12(5-8)23-14(18)19/h2-5,7,14H,6H2,1H3. The lowest BCUT2D eigenvalue weighted by Crippen LogP contribution is -2.13. The molecule has 2 aromatic rings. The van der Waals surface area contributed by atoms with Gasteiger partial charge >= 0.3 is 6.61 Å². The highest BCUT2D eigenvalue weighted by atomic mass is 35.5. The number of pyridine rings is 1. The zero-order valence-corrected chi connectivity index (χ0v) is 12.6. The molecule has 0 unspecified atom stereocenters. The molecule has 1 aromatic heterocycles. The van der Waals surface area contributed by atoms with Gasteiger partial charge in [0.2, 0.25) is 0 Å². The lowest BCUT2D eigenvalue weighted by atomic mass is 10.0. The van der Waals surface area contributed by atoms with Gasteiger partial charge in [0.15, 0.2) is 11.6 Å². The van der Waals surface area contributed by atoms with Crippen LogP contribution in [0.3, 0.4) is 0 Å². The molecule has 2 rings (SSSR count). The summed E-state index contributed by atoms with van der Waals surface area (Å²) in [6, 6.07) is 4.63. The predicted molar refractivity (Wildman–Crippen MR) is 75.4 cm³/mol. The number of hydrogen-bond donors (Lipinski definition) is 0. The van der Waals surface area contributed by atoms with Crippen LogP contribution in [0.4, 0.5) is 22.0 Å². The fourth-order valence-corrected chi connectivity index (χ4v) is 2.24. The first kappa shape index (κ1) is 17.5. The highest BCUT2D eigenvalue weighted by Crippen LogP contribution is 2.33. The Kier molecular flexibility index (Phi) is 5.09. The number of benzene rings is 1. The van der Waals surface area contributed by atoms with Crippen LogP contribution >= 0.6 is 11.6 Å². The molecule has 1 aromatic carbocycles. The van der Waals surface area contributed by atoms with Crippen LogP contribution in [0.5, 0.6) is 5.75 Å². The van der Waals surface area contributed by atoms with Crippen LogP contribution in [-0.2, 0) is 11.8 Å². The minimum atomic E-state index is -3.18. The molecule has 0 saturated carbocycles. The summed E-state index contributed by atoms with van der Waals surface area (Å²) >= 11 is 5.67. The molecule has 0 N–H and O–H groups in total. The maximum atomic E-state index is 13.4. The first-order valence-corrected chi connectivity index (χ1v) is 6.93. The number of rotatable bonds is 5. The summed E-state index contributed by atoms with van der Waals surface area (Å²) in [4.78, 5) is 3.69. The number of aromatic nitrogens is 1. The largest absolute Gasteiger partial charge is 0.432 e. The van der Waals surface area contributed by atoms with Crippen LogP contribution in [0.25, 0.3) is 11.1 Å². The highest BCUT2D eigenvalue weighted by molar-refractivity contribution is 6.17. The van der Waals surface area contributed by atoms with E-state index in [9.17, 15) is 22.0 Å². The number of halogens is 6. The second-order valence-corrected chi connectivity index (χ2v) is 5.04. The maximum absolute atomic E-state index is 13.4. The number of ether oxygens (including phenoxy) is 1. The molecule has 0 amide bonds. The summed E-state index contributed by atoms with van der Waals surface area (Å²) in [6.07, 6.45) is 1.14. The third-order valence-electron chi connectivity index (χ3n) is 3.01. The second kappa shape index (κ2) is 6.70. The van der Waals surface area contributed by atoms with Crippen LogP contribution in [0, 0.1) is 5.82 Å². The smallest absolute Gasteiger partial charge is 0.387 e. The van der Waals surface area contributed by atoms with Gasteiger partial charge in [-0.1, -0.05) is 6.07 Å². The van der Waals surface area contributed by atoms with Gasteiger partial charge in [0.25, 0.3) is 5.92 Å². The molecule has 8 heteroatoms. The Balaban J connectivity index is 2.46. The van der Waals surface area contributed by atoms with E-state index in [1.165, 1.54) is 12.1 Å². The maximum Gasteiger partial charge on any atom is 0.387 e. The summed E-state index contributed by atoms with van der Waals surface area (Å²) in [5.74, 6) is -4.98. The molecule has 0 aliphatic carbocycles. The van der Waals surface area contributed by atoms with Crippen molar-refractivity contribution in [3.8, 4) is 16.9 Å². The van der Waals surface area contributed by atoms with Crippen LogP contribution in [0.15, 0.2) is 30.5 Å². The molecule has 0 bridgehead atoms. The summed E-state index contributed by atoms with van der Waals surface area (Å²) in [6.45, 7) is -2.49.